The van der Waals surface area contributed by atoms with Gasteiger partial charge in [-0.15, -0.1) is 0 Å². The van der Waals surface area contributed by atoms with Crippen molar-refractivity contribution >= 4 is 39.5 Å². The first kappa shape index (κ1) is 96.5. The van der Waals surface area contributed by atoms with Gasteiger partial charge < -0.3 is 33.8 Å². The number of aliphatic hydroxyl groups excluding tert-OH is 1. The normalized spacial score (nSPS) is 14.3. The predicted octanol–water partition coefficient (Wildman–Crippen LogP) is 23.2. The van der Waals surface area contributed by atoms with Gasteiger partial charge in [0.1, 0.15) is 19.3 Å². The summed E-state index contributed by atoms with van der Waals surface area (Å²) in [6, 6.07) is 0. The molecule has 5 atom stereocenters. The Bertz CT molecular complexity index is 2180. The van der Waals surface area contributed by atoms with Gasteiger partial charge in [0, 0.05) is 25.7 Å². The topological polar surface area (TPSA) is 237 Å². The molecule has 0 heterocycles. The maximum absolute atomic E-state index is 13.1. The van der Waals surface area contributed by atoms with Crippen molar-refractivity contribution in [3.05, 3.63) is 72.9 Å². The van der Waals surface area contributed by atoms with Crippen LogP contribution < -0.4 is 0 Å². The number of rotatable bonds is 76. The Labute approximate surface area is 609 Å². The van der Waals surface area contributed by atoms with Crippen LogP contribution in [0.2, 0.25) is 0 Å². The molecule has 0 saturated carbocycles. The molecule has 0 fully saturated rings. The highest BCUT2D eigenvalue weighted by Gasteiger charge is 2.30. The van der Waals surface area contributed by atoms with Crippen LogP contribution in [0.15, 0.2) is 72.9 Å². The van der Waals surface area contributed by atoms with Gasteiger partial charge in [0.2, 0.25) is 0 Å². The number of carbonyl (C=O) groups is 4. The zero-order valence-electron chi connectivity index (χ0n) is 63.6. The fourth-order valence-electron chi connectivity index (χ4n) is 11.0. The molecule has 100 heavy (non-hydrogen) atoms. The van der Waals surface area contributed by atoms with Crippen molar-refractivity contribution < 1.29 is 80.2 Å². The average molecular weight is 1450 g/mol. The molecule has 0 rings (SSSR count). The highest BCUT2D eigenvalue weighted by atomic mass is 31.2. The highest BCUT2D eigenvalue weighted by molar-refractivity contribution is 7.47. The molecule has 0 aliphatic heterocycles. The molecule has 0 amide bonds. The number of hydrogen-bond acceptors (Lipinski definition) is 15. The number of carbonyl (C=O) groups excluding carboxylic acids is 4. The van der Waals surface area contributed by atoms with Gasteiger partial charge in [-0.25, -0.2) is 9.13 Å². The maximum atomic E-state index is 13.1. The lowest BCUT2D eigenvalue weighted by atomic mass is 10.0. The highest BCUT2D eigenvalue weighted by Crippen LogP contribution is 2.45. The summed E-state index contributed by atoms with van der Waals surface area (Å²) in [5.41, 5.74) is 0. The largest absolute Gasteiger partial charge is 0.472 e. The van der Waals surface area contributed by atoms with Crippen molar-refractivity contribution in [2.45, 2.75) is 380 Å². The van der Waals surface area contributed by atoms with Crippen LogP contribution in [0.5, 0.6) is 0 Å². The van der Waals surface area contributed by atoms with E-state index in [-0.39, 0.29) is 25.7 Å². The van der Waals surface area contributed by atoms with E-state index < -0.39 is 97.5 Å². The van der Waals surface area contributed by atoms with Gasteiger partial charge in [0.15, 0.2) is 12.2 Å². The summed E-state index contributed by atoms with van der Waals surface area (Å²) in [7, 11) is -9.95. The zero-order valence-corrected chi connectivity index (χ0v) is 65.4. The molecule has 3 N–H and O–H groups in total. The lowest BCUT2D eigenvalue weighted by molar-refractivity contribution is -0.161. The van der Waals surface area contributed by atoms with Crippen molar-refractivity contribution in [2.75, 3.05) is 39.6 Å². The molecule has 0 aromatic carbocycles. The minimum atomic E-state index is -4.98. The number of allylic oxidation sites excluding steroid dienone is 12. The minimum absolute atomic E-state index is 0.0849. The molecule has 19 heteroatoms. The van der Waals surface area contributed by atoms with E-state index in [4.69, 9.17) is 37.0 Å². The van der Waals surface area contributed by atoms with E-state index >= 15 is 0 Å². The molecule has 0 aliphatic carbocycles. The monoisotopic (exact) mass is 1450 g/mol. The minimum Gasteiger partial charge on any atom is -0.462 e. The van der Waals surface area contributed by atoms with Crippen molar-refractivity contribution in [3.63, 3.8) is 0 Å². The number of phosphoric acid groups is 2. The van der Waals surface area contributed by atoms with E-state index in [1.165, 1.54) is 122 Å². The second-order valence-corrected chi connectivity index (χ2v) is 29.9. The van der Waals surface area contributed by atoms with Gasteiger partial charge in [-0.1, -0.05) is 293 Å². The van der Waals surface area contributed by atoms with Crippen LogP contribution in [0.3, 0.4) is 0 Å². The number of unbranched alkanes of at least 4 members (excludes halogenated alkanes) is 38. The number of esters is 4. The van der Waals surface area contributed by atoms with Gasteiger partial charge >= 0.3 is 39.5 Å². The summed E-state index contributed by atoms with van der Waals surface area (Å²) < 4.78 is 68.6. The molecule has 0 aliphatic rings. The summed E-state index contributed by atoms with van der Waals surface area (Å²) in [5, 5.41) is 10.6. The molecule has 0 aromatic heterocycles. The third-order valence-corrected chi connectivity index (χ3v) is 19.1. The molecule has 0 bridgehead atoms. The summed E-state index contributed by atoms with van der Waals surface area (Å²) in [6.45, 7) is 4.76. The van der Waals surface area contributed by atoms with Crippen LogP contribution in [0.25, 0.3) is 0 Å². The van der Waals surface area contributed by atoms with Crippen molar-refractivity contribution in [2.24, 2.45) is 0 Å². The maximum Gasteiger partial charge on any atom is 0.472 e. The molecule has 0 spiro atoms. The Morgan fingerprint density at radius 3 is 0.830 bits per heavy atom. The van der Waals surface area contributed by atoms with Gasteiger partial charge in [0.05, 0.1) is 26.4 Å². The van der Waals surface area contributed by atoms with Gasteiger partial charge in [-0.3, -0.25) is 37.3 Å². The van der Waals surface area contributed by atoms with Crippen LogP contribution >= 0.6 is 15.6 Å². The number of phosphoric ester groups is 2. The van der Waals surface area contributed by atoms with E-state index in [0.717, 1.165) is 161 Å². The standard InChI is InChI=1S/C81H146O17P2/c1-5-9-13-17-21-25-29-33-37-41-45-49-53-57-61-65-78(83)91-71-76(97-80(85)67-63-59-55-51-47-43-39-35-31-27-23-19-15-11-7-3)73-95-99(87,88)93-69-75(82)70-94-100(89,90)96-74-77(98-81(86)68-64-60-56-52-48-44-40-36-32-28-24-20-16-12-8-4)72-92-79(84)66-62-58-54-50-46-42-38-34-30-26-22-18-14-10-6-2/h9,13,21-22,25-26,33-34,36-38,40,75-77,82H,5-8,10-12,14-20,23-24,27-32,35,39,41-74H2,1-4H3,(H,87,88)(H,89,90)/b13-9-,25-21-,26-22-,37-33-,38-34-,40-36-. The lowest BCUT2D eigenvalue weighted by Crippen LogP contribution is -2.30. The first-order valence-corrected chi connectivity index (χ1v) is 43.2. The molecule has 5 unspecified atom stereocenters. The van der Waals surface area contributed by atoms with Crippen molar-refractivity contribution in [1.82, 2.24) is 0 Å². The van der Waals surface area contributed by atoms with Crippen LogP contribution in [0.4, 0.5) is 0 Å². The van der Waals surface area contributed by atoms with Crippen LogP contribution in [-0.2, 0) is 65.4 Å². The summed E-state index contributed by atoms with van der Waals surface area (Å²) >= 11 is 0. The van der Waals surface area contributed by atoms with E-state index in [9.17, 15) is 43.2 Å². The molecule has 0 aromatic rings. The van der Waals surface area contributed by atoms with Gasteiger partial charge in [0.25, 0.3) is 0 Å². The van der Waals surface area contributed by atoms with Gasteiger partial charge in [-0.05, 0) is 116 Å². The summed E-state index contributed by atoms with van der Waals surface area (Å²) in [6.07, 6.45) is 74.4. The summed E-state index contributed by atoms with van der Waals surface area (Å²) in [4.78, 5) is 73.0. The fraction of sp³-hybridized carbons (Fsp3) is 0.802. The third-order valence-electron chi connectivity index (χ3n) is 17.2. The molecule has 17 nitrogen and oxygen atoms in total. The predicted molar refractivity (Wildman–Crippen MR) is 409 cm³/mol. The first-order valence-electron chi connectivity index (χ1n) is 40.2. The Hall–Kier alpha value is -3.50. The molecule has 0 radical (unpaired) electrons. The molecule has 582 valence electrons. The van der Waals surface area contributed by atoms with Gasteiger partial charge in [-0.2, -0.15) is 0 Å². The number of ether oxygens (including phenoxy) is 4. The zero-order chi connectivity index (χ0) is 73.2. The Morgan fingerprint density at radius 1 is 0.290 bits per heavy atom. The second kappa shape index (κ2) is 73.8. The number of aliphatic hydroxyl groups is 1. The quantitative estimate of drug-likeness (QED) is 0.0169. The molecule has 0 saturated heterocycles. The van der Waals surface area contributed by atoms with Crippen LogP contribution in [0, 0.1) is 0 Å². The van der Waals surface area contributed by atoms with Crippen molar-refractivity contribution in [3.8, 4) is 0 Å². The van der Waals surface area contributed by atoms with Crippen LogP contribution in [-0.4, -0.2) is 96.7 Å². The lowest BCUT2D eigenvalue weighted by Gasteiger charge is -2.21. The summed E-state index contributed by atoms with van der Waals surface area (Å²) in [5.74, 6) is -2.19. The van der Waals surface area contributed by atoms with E-state index in [1.54, 1.807) is 0 Å². The Morgan fingerprint density at radius 2 is 0.520 bits per heavy atom. The average Bonchev–Trinajstić information content (AvgIpc) is 1.01. The SMILES string of the molecule is CC/C=C\C/C=C\C/C=C\CCCCCCCC(=O)OCC(COP(=O)(O)OCC(O)COP(=O)(O)OCC(COC(=O)CCCCCCC/C=C\C/C=C\CCCCC)OC(=O)CCCCCCC/C=C\CCCCCCCC)OC(=O)CCCCCCCCCCCCCCCCC. The van der Waals surface area contributed by atoms with Crippen molar-refractivity contribution in [1.29, 1.82) is 0 Å². The smallest absolute Gasteiger partial charge is 0.462 e. The third kappa shape index (κ3) is 72.8. The Kier molecular flexibility index (Phi) is 71.2. The van der Waals surface area contributed by atoms with E-state index in [1.807, 2.05) is 0 Å². The number of hydrogen-bond donors (Lipinski definition) is 3. The van der Waals surface area contributed by atoms with E-state index in [0.29, 0.717) is 25.7 Å². The van der Waals surface area contributed by atoms with E-state index in [2.05, 4.69) is 101 Å². The first-order chi connectivity index (χ1) is 48.7. The fourth-order valence-corrected chi connectivity index (χ4v) is 12.6. The Balaban J connectivity index is 5.36. The molecular formula is C81H146O17P2. The molecular weight excluding hydrogens is 1310 g/mol. The van der Waals surface area contributed by atoms with Crippen LogP contribution in [0.1, 0.15) is 362 Å². The second-order valence-electron chi connectivity index (χ2n) is 27.0.